The van der Waals surface area contributed by atoms with Crippen LogP contribution in [0.2, 0.25) is 0 Å². The summed E-state index contributed by atoms with van der Waals surface area (Å²) in [5, 5.41) is 2.71. The highest BCUT2D eigenvalue weighted by atomic mass is 127. The molecule has 0 saturated heterocycles. The van der Waals surface area contributed by atoms with E-state index in [2.05, 4.69) is 32.7 Å². The zero-order valence-corrected chi connectivity index (χ0v) is 14.5. The van der Waals surface area contributed by atoms with Crippen LogP contribution in [0.5, 0.6) is 0 Å². The predicted molar refractivity (Wildman–Crippen MR) is 94.9 cm³/mol. The Balaban J connectivity index is 2.06. The summed E-state index contributed by atoms with van der Waals surface area (Å²) in [6.45, 7) is 1.99. The number of halogens is 1. The van der Waals surface area contributed by atoms with E-state index in [1.165, 1.54) is 22.2 Å². The first-order valence-corrected chi connectivity index (χ1v) is 8.60. The quantitative estimate of drug-likeness (QED) is 0.398. The lowest BCUT2D eigenvalue weighted by Gasteiger charge is -2.02. The summed E-state index contributed by atoms with van der Waals surface area (Å²) in [4.78, 5) is 28.4. The van der Waals surface area contributed by atoms with E-state index in [1.54, 1.807) is 6.92 Å². The van der Waals surface area contributed by atoms with E-state index in [9.17, 15) is 9.59 Å². The normalized spacial score (nSPS) is 10.9. The Morgan fingerprint density at radius 2 is 2.04 bits per heavy atom. The zero-order chi connectivity index (χ0) is 16.4. The van der Waals surface area contributed by atoms with E-state index in [0.29, 0.717) is 11.3 Å². The van der Waals surface area contributed by atoms with Crippen molar-refractivity contribution in [3.05, 3.63) is 58.0 Å². The Labute approximate surface area is 145 Å². The molecule has 0 amide bonds. The number of aromatic nitrogens is 3. The standard InChI is InChI=1S/C16H14IN3O3/c1-2-23-16(22)13-7-14-18-12(8-15(21)20(14)19-13)11-5-3-10(9-17)4-6-11/h3-8,19H,2,9H2,1H3. The molecule has 0 aliphatic rings. The Morgan fingerprint density at radius 1 is 1.30 bits per heavy atom. The smallest absolute Gasteiger partial charge is 0.356 e. The predicted octanol–water partition coefficient (Wildman–Crippen LogP) is 2.80. The third-order valence-electron chi connectivity index (χ3n) is 3.35. The van der Waals surface area contributed by atoms with Crippen LogP contribution in [0.15, 0.2) is 41.2 Å². The van der Waals surface area contributed by atoms with Crippen molar-refractivity contribution >= 4 is 34.2 Å². The molecular weight excluding hydrogens is 409 g/mol. The number of nitrogens with one attached hydrogen (secondary N) is 1. The number of esters is 1. The summed E-state index contributed by atoms with van der Waals surface area (Å²) in [7, 11) is 0. The number of aromatic amines is 1. The van der Waals surface area contributed by atoms with Gasteiger partial charge in [-0.15, -0.1) is 0 Å². The molecule has 0 bridgehead atoms. The van der Waals surface area contributed by atoms with Crippen LogP contribution in [0, 0.1) is 0 Å². The van der Waals surface area contributed by atoms with E-state index in [4.69, 9.17) is 4.74 Å². The van der Waals surface area contributed by atoms with Gasteiger partial charge in [0.15, 0.2) is 5.65 Å². The molecule has 0 fully saturated rings. The second-order valence-corrected chi connectivity index (χ2v) is 5.66. The van der Waals surface area contributed by atoms with Gasteiger partial charge in [0.2, 0.25) is 0 Å². The minimum atomic E-state index is -0.509. The summed E-state index contributed by atoms with van der Waals surface area (Å²) in [5.74, 6) is -0.509. The van der Waals surface area contributed by atoms with E-state index < -0.39 is 5.97 Å². The number of ether oxygens (including phenoxy) is 1. The maximum Gasteiger partial charge on any atom is 0.356 e. The zero-order valence-electron chi connectivity index (χ0n) is 12.4. The van der Waals surface area contributed by atoms with Crippen LogP contribution < -0.4 is 5.56 Å². The highest BCUT2D eigenvalue weighted by Crippen LogP contribution is 2.18. The van der Waals surface area contributed by atoms with E-state index in [1.807, 2.05) is 24.3 Å². The van der Waals surface area contributed by atoms with Crippen molar-refractivity contribution < 1.29 is 9.53 Å². The number of nitrogens with zero attached hydrogens (tertiary/aromatic N) is 2. The lowest BCUT2D eigenvalue weighted by Crippen LogP contribution is -2.15. The molecule has 23 heavy (non-hydrogen) atoms. The molecule has 2 aromatic heterocycles. The highest BCUT2D eigenvalue weighted by molar-refractivity contribution is 14.1. The molecule has 1 N–H and O–H groups in total. The molecule has 3 rings (SSSR count). The van der Waals surface area contributed by atoms with Crippen molar-refractivity contribution in [3.8, 4) is 11.3 Å². The van der Waals surface area contributed by atoms with Crippen molar-refractivity contribution in [2.24, 2.45) is 0 Å². The fraction of sp³-hybridized carbons (Fsp3) is 0.188. The average molecular weight is 423 g/mol. The number of fused-ring (bicyclic) bond motifs is 1. The van der Waals surface area contributed by atoms with E-state index >= 15 is 0 Å². The second kappa shape index (κ2) is 6.53. The lowest BCUT2D eigenvalue weighted by molar-refractivity contribution is 0.0519. The summed E-state index contributed by atoms with van der Waals surface area (Å²) < 4.78 is 7.08. The van der Waals surface area contributed by atoms with Crippen LogP contribution in [-0.2, 0) is 9.16 Å². The molecule has 118 valence electrons. The Bertz CT molecular complexity index is 912. The van der Waals surface area contributed by atoms with Gasteiger partial charge in [-0.25, -0.2) is 14.3 Å². The molecule has 3 aromatic rings. The molecule has 2 heterocycles. The largest absolute Gasteiger partial charge is 0.461 e. The molecule has 0 atom stereocenters. The number of carbonyl (C=O) groups excluding carboxylic acids is 1. The molecule has 6 nitrogen and oxygen atoms in total. The number of hydrogen-bond acceptors (Lipinski definition) is 4. The molecule has 0 radical (unpaired) electrons. The van der Waals surface area contributed by atoms with Gasteiger partial charge in [0.05, 0.1) is 12.3 Å². The maximum atomic E-state index is 12.2. The number of alkyl halides is 1. The van der Waals surface area contributed by atoms with Gasteiger partial charge in [0, 0.05) is 22.1 Å². The Morgan fingerprint density at radius 3 is 2.70 bits per heavy atom. The Kier molecular flexibility index (Phi) is 4.46. The van der Waals surface area contributed by atoms with Gasteiger partial charge in [-0.3, -0.25) is 9.89 Å². The minimum Gasteiger partial charge on any atom is -0.461 e. The van der Waals surface area contributed by atoms with Crippen molar-refractivity contribution in [2.75, 3.05) is 6.61 Å². The van der Waals surface area contributed by atoms with Crippen LogP contribution in [0.25, 0.3) is 16.9 Å². The van der Waals surface area contributed by atoms with Gasteiger partial charge in [-0.2, -0.15) is 0 Å². The van der Waals surface area contributed by atoms with Crippen LogP contribution in [0.3, 0.4) is 0 Å². The lowest BCUT2D eigenvalue weighted by atomic mass is 10.1. The average Bonchev–Trinajstić information content (AvgIpc) is 3.00. The van der Waals surface area contributed by atoms with Gasteiger partial charge in [-0.05, 0) is 12.5 Å². The van der Waals surface area contributed by atoms with Gasteiger partial charge in [0.25, 0.3) is 5.56 Å². The monoisotopic (exact) mass is 423 g/mol. The molecular formula is C16H14IN3O3. The molecule has 7 heteroatoms. The summed E-state index contributed by atoms with van der Waals surface area (Å²) in [6.07, 6.45) is 0. The fourth-order valence-corrected chi connectivity index (χ4v) is 2.73. The second-order valence-electron chi connectivity index (χ2n) is 4.89. The third kappa shape index (κ3) is 3.14. The molecule has 0 saturated carbocycles. The van der Waals surface area contributed by atoms with E-state index in [-0.39, 0.29) is 17.9 Å². The summed E-state index contributed by atoms with van der Waals surface area (Å²) in [5.41, 5.74) is 2.95. The molecule has 0 spiro atoms. The van der Waals surface area contributed by atoms with Crippen molar-refractivity contribution in [1.29, 1.82) is 0 Å². The topological polar surface area (TPSA) is 76.5 Å². The maximum absolute atomic E-state index is 12.2. The fourth-order valence-electron chi connectivity index (χ4n) is 2.22. The first kappa shape index (κ1) is 15.7. The number of H-pyrrole nitrogens is 1. The van der Waals surface area contributed by atoms with Gasteiger partial charge in [0.1, 0.15) is 5.69 Å². The van der Waals surface area contributed by atoms with Crippen LogP contribution in [0.1, 0.15) is 23.0 Å². The van der Waals surface area contributed by atoms with Gasteiger partial charge < -0.3 is 4.74 Å². The molecule has 0 unspecified atom stereocenters. The van der Waals surface area contributed by atoms with Crippen LogP contribution >= 0.6 is 22.6 Å². The third-order valence-corrected chi connectivity index (χ3v) is 4.23. The molecule has 1 aromatic carbocycles. The number of hydrogen-bond donors (Lipinski definition) is 1. The summed E-state index contributed by atoms with van der Waals surface area (Å²) in [6, 6.07) is 10.8. The van der Waals surface area contributed by atoms with Gasteiger partial charge in [-0.1, -0.05) is 46.9 Å². The molecule has 0 aliphatic heterocycles. The van der Waals surface area contributed by atoms with Crippen molar-refractivity contribution in [2.45, 2.75) is 11.4 Å². The highest BCUT2D eigenvalue weighted by Gasteiger charge is 2.13. The SMILES string of the molecule is CCOC(=O)c1cc2nc(-c3ccc(CI)cc3)cc(=O)n2[nH]1. The molecule has 0 aliphatic carbocycles. The number of benzene rings is 1. The number of rotatable bonds is 4. The van der Waals surface area contributed by atoms with Crippen LogP contribution in [0.4, 0.5) is 0 Å². The van der Waals surface area contributed by atoms with E-state index in [0.717, 1.165) is 9.99 Å². The van der Waals surface area contributed by atoms with Crippen molar-refractivity contribution in [3.63, 3.8) is 0 Å². The minimum absolute atomic E-state index is 0.203. The summed E-state index contributed by atoms with van der Waals surface area (Å²) >= 11 is 2.30. The van der Waals surface area contributed by atoms with Gasteiger partial charge >= 0.3 is 5.97 Å². The first-order valence-electron chi connectivity index (χ1n) is 7.07. The first-order chi connectivity index (χ1) is 11.1. The van der Waals surface area contributed by atoms with Crippen LogP contribution in [-0.4, -0.2) is 27.2 Å². The van der Waals surface area contributed by atoms with Crippen molar-refractivity contribution in [1.82, 2.24) is 14.6 Å². The number of carbonyl (C=O) groups is 1. The Hall–Kier alpha value is -2.16.